The van der Waals surface area contributed by atoms with Crippen LogP contribution in [0.15, 0.2) is 18.2 Å². The molecule has 1 aromatic carbocycles. The lowest BCUT2D eigenvalue weighted by atomic mass is 9.89. The van der Waals surface area contributed by atoms with E-state index in [9.17, 15) is 4.39 Å². The third kappa shape index (κ3) is 2.62. The van der Waals surface area contributed by atoms with Crippen molar-refractivity contribution >= 4 is 0 Å². The highest BCUT2D eigenvalue weighted by Crippen LogP contribution is 2.35. The van der Waals surface area contributed by atoms with E-state index in [4.69, 9.17) is 4.74 Å². The number of rotatable bonds is 1. The van der Waals surface area contributed by atoms with Crippen molar-refractivity contribution < 1.29 is 9.13 Å². The molecule has 0 spiro atoms. The zero-order chi connectivity index (χ0) is 11.8. The molecule has 0 fully saturated rings. The van der Waals surface area contributed by atoms with E-state index in [1.54, 1.807) is 6.07 Å². The van der Waals surface area contributed by atoms with Crippen LogP contribution in [0.2, 0.25) is 0 Å². The second kappa shape index (κ2) is 4.17. The molecule has 0 radical (unpaired) electrons. The van der Waals surface area contributed by atoms with Gasteiger partial charge in [-0.2, -0.15) is 0 Å². The van der Waals surface area contributed by atoms with E-state index in [1.165, 1.54) is 11.6 Å². The number of hydrogen-bond acceptors (Lipinski definition) is 1. The van der Waals surface area contributed by atoms with Gasteiger partial charge in [-0.05, 0) is 63.3 Å². The molecule has 88 valence electrons. The maximum Gasteiger partial charge on any atom is 0.123 e. The van der Waals surface area contributed by atoms with Crippen molar-refractivity contribution in [2.75, 3.05) is 0 Å². The Hall–Kier alpha value is -0.890. The van der Waals surface area contributed by atoms with E-state index < -0.39 is 0 Å². The van der Waals surface area contributed by atoms with E-state index in [-0.39, 0.29) is 17.5 Å². The number of halogens is 1. The summed E-state index contributed by atoms with van der Waals surface area (Å²) in [6.45, 7) is 6.18. The molecule has 0 bridgehead atoms. The van der Waals surface area contributed by atoms with E-state index in [0.717, 1.165) is 24.8 Å². The van der Waals surface area contributed by atoms with Crippen molar-refractivity contribution in [1.82, 2.24) is 0 Å². The zero-order valence-electron chi connectivity index (χ0n) is 10.2. The summed E-state index contributed by atoms with van der Waals surface area (Å²) in [5, 5.41) is 0. The molecule has 0 N–H and O–H groups in total. The molecule has 1 atom stereocenters. The molecule has 1 nitrogen and oxygen atoms in total. The van der Waals surface area contributed by atoms with Gasteiger partial charge in [0.1, 0.15) is 5.82 Å². The number of fused-ring (bicyclic) bond motifs is 1. The molecule has 16 heavy (non-hydrogen) atoms. The molecule has 2 heteroatoms. The first-order valence-electron chi connectivity index (χ1n) is 5.92. The van der Waals surface area contributed by atoms with E-state index in [1.807, 2.05) is 6.07 Å². The molecule has 0 heterocycles. The van der Waals surface area contributed by atoms with Gasteiger partial charge in [0.2, 0.25) is 0 Å². The minimum atomic E-state index is -0.145. The third-order valence-electron chi connectivity index (χ3n) is 2.86. The molecule has 1 aliphatic carbocycles. The molecule has 1 aliphatic rings. The first-order valence-corrected chi connectivity index (χ1v) is 5.92. The second-order valence-corrected chi connectivity index (χ2v) is 5.45. The average Bonchev–Trinajstić information content (AvgIpc) is 2.15. The molecule has 2 rings (SSSR count). The van der Waals surface area contributed by atoms with E-state index in [0.29, 0.717) is 0 Å². The highest BCUT2D eigenvalue weighted by atomic mass is 19.1. The molecule has 1 unspecified atom stereocenters. The predicted molar refractivity (Wildman–Crippen MR) is 62.9 cm³/mol. The Morgan fingerprint density at radius 1 is 1.31 bits per heavy atom. The fourth-order valence-electron chi connectivity index (χ4n) is 2.29. The number of ether oxygens (including phenoxy) is 1. The molecule has 0 saturated carbocycles. The van der Waals surface area contributed by atoms with Gasteiger partial charge in [0.15, 0.2) is 0 Å². The van der Waals surface area contributed by atoms with Crippen molar-refractivity contribution in [2.24, 2.45) is 0 Å². The molecular weight excluding hydrogens is 203 g/mol. The van der Waals surface area contributed by atoms with Crippen LogP contribution in [-0.2, 0) is 11.2 Å². The van der Waals surface area contributed by atoms with Gasteiger partial charge in [-0.3, -0.25) is 0 Å². The highest BCUT2D eigenvalue weighted by molar-refractivity contribution is 5.32. The fraction of sp³-hybridized carbons (Fsp3) is 0.571. The third-order valence-corrected chi connectivity index (χ3v) is 2.86. The van der Waals surface area contributed by atoms with E-state index in [2.05, 4.69) is 20.8 Å². The average molecular weight is 222 g/mol. The Balaban J connectivity index is 2.26. The van der Waals surface area contributed by atoms with Crippen molar-refractivity contribution in [1.29, 1.82) is 0 Å². The van der Waals surface area contributed by atoms with Gasteiger partial charge < -0.3 is 4.74 Å². The van der Waals surface area contributed by atoms with Gasteiger partial charge in [-0.25, -0.2) is 4.39 Å². The standard InChI is InChI=1S/C14H19FO/c1-14(2,3)16-13-6-4-5-10-9-11(15)7-8-12(10)13/h7-9,13H,4-6H2,1-3H3. The predicted octanol–water partition coefficient (Wildman–Crippen LogP) is 4.02. The maximum absolute atomic E-state index is 13.1. The summed E-state index contributed by atoms with van der Waals surface area (Å²) in [6.07, 6.45) is 3.22. The number of benzene rings is 1. The van der Waals surface area contributed by atoms with Gasteiger partial charge in [0, 0.05) is 0 Å². The molecule has 1 aromatic rings. The van der Waals surface area contributed by atoms with Gasteiger partial charge in [-0.1, -0.05) is 6.07 Å². The largest absolute Gasteiger partial charge is 0.368 e. The van der Waals surface area contributed by atoms with Crippen LogP contribution in [-0.4, -0.2) is 5.60 Å². The maximum atomic E-state index is 13.1. The summed E-state index contributed by atoms with van der Waals surface area (Å²) < 4.78 is 19.1. The number of aryl methyl sites for hydroxylation is 1. The zero-order valence-corrected chi connectivity index (χ0v) is 10.2. The van der Waals surface area contributed by atoms with Crippen LogP contribution in [0.5, 0.6) is 0 Å². The van der Waals surface area contributed by atoms with Crippen molar-refractivity contribution in [3.63, 3.8) is 0 Å². The van der Waals surface area contributed by atoms with Gasteiger partial charge in [0.05, 0.1) is 11.7 Å². The van der Waals surface area contributed by atoms with Crippen LogP contribution in [0.1, 0.15) is 50.8 Å². The van der Waals surface area contributed by atoms with Crippen molar-refractivity contribution in [3.05, 3.63) is 35.1 Å². The fourth-order valence-corrected chi connectivity index (χ4v) is 2.29. The highest BCUT2D eigenvalue weighted by Gasteiger charge is 2.25. The first kappa shape index (κ1) is 11.6. The van der Waals surface area contributed by atoms with E-state index >= 15 is 0 Å². The SMILES string of the molecule is CC(C)(C)OC1CCCc2cc(F)ccc21. The van der Waals surface area contributed by atoms with Gasteiger partial charge >= 0.3 is 0 Å². The molecule has 0 saturated heterocycles. The monoisotopic (exact) mass is 222 g/mol. The van der Waals surface area contributed by atoms with Crippen LogP contribution < -0.4 is 0 Å². The topological polar surface area (TPSA) is 9.23 Å². The summed E-state index contributed by atoms with van der Waals surface area (Å²) >= 11 is 0. The van der Waals surface area contributed by atoms with Crippen molar-refractivity contribution in [2.45, 2.75) is 51.7 Å². The summed E-state index contributed by atoms with van der Waals surface area (Å²) in [5.74, 6) is -0.143. The van der Waals surface area contributed by atoms with Crippen LogP contribution in [0.3, 0.4) is 0 Å². The Morgan fingerprint density at radius 3 is 2.75 bits per heavy atom. The minimum absolute atomic E-state index is 0.129. The number of hydrogen-bond donors (Lipinski definition) is 0. The first-order chi connectivity index (χ1) is 7.46. The van der Waals surface area contributed by atoms with Gasteiger partial charge in [-0.15, -0.1) is 0 Å². The smallest absolute Gasteiger partial charge is 0.123 e. The quantitative estimate of drug-likeness (QED) is 0.697. The second-order valence-electron chi connectivity index (χ2n) is 5.45. The van der Waals surface area contributed by atoms with Crippen molar-refractivity contribution in [3.8, 4) is 0 Å². The Kier molecular flexibility index (Phi) is 3.02. The minimum Gasteiger partial charge on any atom is -0.368 e. The summed E-state index contributed by atoms with van der Waals surface area (Å²) in [7, 11) is 0. The Morgan fingerprint density at radius 2 is 2.06 bits per heavy atom. The molecule has 0 amide bonds. The van der Waals surface area contributed by atoms with Crippen LogP contribution in [0.4, 0.5) is 4.39 Å². The van der Waals surface area contributed by atoms with Gasteiger partial charge in [0.25, 0.3) is 0 Å². The lowest BCUT2D eigenvalue weighted by Crippen LogP contribution is -2.25. The lowest BCUT2D eigenvalue weighted by Gasteiger charge is -2.32. The Labute approximate surface area is 96.6 Å². The summed E-state index contributed by atoms with van der Waals surface area (Å²) in [6, 6.07) is 5.05. The van der Waals surface area contributed by atoms with Crippen LogP contribution in [0, 0.1) is 5.82 Å². The lowest BCUT2D eigenvalue weighted by molar-refractivity contribution is -0.0684. The summed E-state index contributed by atoms with van der Waals surface area (Å²) in [4.78, 5) is 0. The molecule has 0 aromatic heterocycles. The van der Waals surface area contributed by atoms with Crippen LogP contribution >= 0.6 is 0 Å². The molecular formula is C14H19FO. The normalized spacial score (nSPS) is 20.6. The molecule has 0 aliphatic heterocycles. The Bertz CT molecular complexity index is 379. The summed E-state index contributed by atoms with van der Waals surface area (Å²) in [5.41, 5.74) is 2.14. The van der Waals surface area contributed by atoms with Crippen LogP contribution in [0.25, 0.3) is 0 Å².